The lowest BCUT2D eigenvalue weighted by Crippen LogP contribution is -2.26. The Labute approximate surface area is 123 Å². The van der Waals surface area contributed by atoms with Gasteiger partial charge in [0.05, 0.1) is 5.69 Å². The highest BCUT2D eigenvalue weighted by Gasteiger charge is 2.15. The Hall–Kier alpha value is -1.62. The minimum Gasteiger partial charge on any atom is -0.367 e. The van der Waals surface area contributed by atoms with Crippen LogP contribution in [0.3, 0.4) is 0 Å². The Balaban J connectivity index is 2.05. The van der Waals surface area contributed by atoms with Gasteiger partial charge in [-0.2, -0.15) is 11.8 Å². The van der Waals surface area contributed by atoms with E-state index in [0.717, 1.165) is 23.6 Å². The van der Waals surface area contributed by atoms with Crippen molar-refractivity contribution in [3.05, 3.63) is 42.2 Å². The zero-order chi connectivity index (χ0) is 14.6. The molecule has 2 rings (SSSR count). The first kappa shape index (κ1) is 14.8. The molecule has 0 radical (unpaired) electrons. The van der Waals surface area contributed by atoms with E-state index in [-0.39, 0.29) is 10.6 Å². The van der Waals surface area contributed by atoms with E-state index in [1.54, 1.807) is 23.9 Å². The van der Waals surface area contributed by atoms with E-state index in [0.29, 0.717) is 0 Å². The third-order valence-corrected chi connectivity index (χ3v) is 4.30. The molecule has 0 aliphatic rings. The fraction of sp³-hybridized carbons (Fsp3) is 0.333. The smallest absolute Gasteiger partial charge is 0.148 e. The van der Waals surface area contributed by atoms with Gasteiger partial charge in [-0.25, -0.2) is 4.39 Å². The van der Waals surface area contributed by atoms with Crippen molar-refractivity contribution in [1.82, 2.24) is 10.2 Å². The number of hydrogen-bond donors (Lipinski definition) is 1. The van der Waals surface area contributed by atoms with Crippen LogP contribution in [-0.4, -0.2) is 27.7 Å². The summed E-state index contributed by atoms with van der Waals surface area (Å²) in [4.78, 5) is 0. The fourth-order valence-corrected chi connectivity index (χ4v) is 1.79. The number of halogens is 1. The van der Waals surface area contributed by atoms with Crippen molar-refractivity contribution in [2.45, 2.75) is 18.6 Å². The lowest BCUT2D eigenvalue weighted by Gasteiger charge is -2.22. The van der Waals surface area contributed by atoms with E-state index in [4.69, 9.17) is 0 Å². The van der Waals surface area contributed by atoms with Gasteiger partial charge in [0.1, 0.15) is 11.6 Å². The normalized spacial score (nSPS) is 11.4. The third kappa shape index (κ3) is 3.93. The molecule has 0 aliphatic heterocycles. The van der Waals surface area contributed by atoms with Gasteiger partial charge in [-0.05, 0) is 56.5 Å². The van der Waals surface area contributed by atoms with Crippen LogP contribution in [0, 0.1) is 5.82 Å². The van der Waals surface area contributed by atoms with Crippen LogP contribution in [0.4, 0.5) is 10.2 Å². The molecule has 0 amide bonds. The van der Waals surface area contributed by atoms with Crippen molar-refractivity contribution in [3.63, 3.8) is 0 Å². The second kappa shape index (κ2) is 6.22. The van der Waals surface area contributed by atoms with Crippen LogP contribution < -0.4 is 5.32 Å². The fourth-order valence-electron chi connectivity index (χ4n) is 1.58. The Morgan fingerprint density at radius 1 is 1.10 bits per heavy atom. The molecule has 0 spiro atoms. The molecule has 1 aromatic carbocycles. The van der Waals surface area contributed by atoms with Gasteiger partial charge in [-0.1, -0.05) is 0 Å². The zero-order valence-electron chi connectivity index (χ0n) is 11.9. The monoisotopic (exact) mass is 291 g/mol. The van der Waals surface area contributed by atoms with Crippen molar-refractivity contribution >= 4 is 17.6 Å². The van der Waals surface area contributed by atoms with E-state index in [2.05, 4.69) is 35.6 Å². The first-order chi connectivity index (χ1) is 9.50. The molecule has 0 fully saturated rings. The highest BCUT2D eigenvalue weighted by molar-refractivity contribution is 7.99. The van der Waals surface area contributed by atoms with Crippen molar-refractivity contribution in [2.24, 2.45) is 0 Å². The van der Waals surface area contributed by atoms with Crippen molar-refractivity contribution in [3.8, 4) is 11.3 Å². The number of benzene rings is 1. The summed E-state index contributed by atoms with van der Waals surface area (Å²) >= 11 is 1.80. The average molecular weight is 291 g/mol. The molecule has 0 saturated heterocycles. The zero-order valence-corrected chi connectivity index (χ0v) is 12.7. The summed E-state index contributed by atoms with van der Waals surface area (Å²) in [6.07, 6.45) is 2.09. The molecule has 0 unspecified atom stereocenters. The summed E-state index contributed by atoms with van der Waals surface area (Å²) in [5.74, 6) is 0.497. The van der Waals surface area contributed by atoms with Crippen LogP contribution in [0.1, 0.15) is 13.8 Å². The van der Waals surface area contributed by atoms with Gasteiger partial charge in [0.15, 0.2) is 0 Å². The maximum absolute atomic E-state index is 12.9. The molecule has 1 aromatic heterocycles. The SMILES string of the molecule is CSC(C)(C)CNc1ccc(-c2ccc(F)cc2)nn1. The van der Waals surface area contributed by atoms with Crippen LogP contribution in [0.5, 0.6) is 0 Å². The first-order valence-corrected chi connectivity index (χ1v) is 7.61. The lowest BCUT2D eigenvalue weighted by molar-refractivity contribution is 0.628. The molecular weight excluding hydrogens is 273 g/mol. The molecule has 0 aliphatic carbocycles. The Kier molecular flexibility index (Phi) is 4.60. The van der Waals surface area contributed by atoms with E-state index in [1.165, 1.54) is 12.1 Å². The number of thioether (sulfide) groups is 1. The van der Waals surface area contributed by atoms with Gasteiger partial charge in [0, 0.05) is 16.9 Å². The van der Waals surface area contributed by atoms with Crippen molar-refractivity contribution in [2.75, 3.05) is 18.1 Å². The molecule has 1 heterocycles. The minimum atomic E-state index is -0.251. The van der Waals surface area contributed by atoms with Crippen LogP contribution in [0.25, 0.3) is 11.3 Å². The largest absolute Gasteiger partial charge is 0.367 e. The molecule has 106 valence electrons. The van der Waals surface area contributed by atoms with Gasteiger partial charge in [-0.3, -0.25) is 0 Å². The summed E-state index contributed by atoms with van der Waals surface area (Å²) < 4.78 is 13.0. The molecule has 5 heteroatoms. The van der Waals surface area contributed by atoms with Crippen LogP contribution in [0.2, 0.25) is 0 Å². The highest BCUT2D eigenvalue weighted by atomic mass is 32.2. The maximum atomic E-state index is 12.9. The second-order valence-corrected chi connectivity index (χ2v) is 6.64. The maximum Gasteiger partial charge on any atom is 0.148 e. The van der Waals surface area contributed by atoms with Gasteiger partial charge in [0.2, 0.25) is 0 Å². The number of nitrogens with one attached hydrogen (secondary N) is 1. The van der Waals surface area contributed by atoms with Crippen molar-refractivity contribution in [1.29, 1.82) is 0 Å². The molecule has 20 heavy (non-hydrogen) atoms. The summed E-state index contributed by atoms with van der Waals surface area (Å²) in [6.45, 7) is 5.16. The summed E-state index contributed by atoms with van der Waals surface area (Å²) in [7, 11) is 0. The van der Waals surface area contributed by atoms with Gasteiger partial charge >= 0.3 is 0 Å². The van der Waals surface area contributed by atoms with E-state index >= 15 is 0 Å². The third-order valence-electron chi connectivity index (χ3n) is 3.05. The number of rotatable bonds is 5. The predicted octanol–water partition coefficient (Wildman–Crippen LogP) is 3.84. The van der Waals surface area contributed by atoms with Gasteiger partial charge in [0.25, 0.3) is 0 Å². The molecule has 0 atom stereocenters. The number of hydrogen-bond acceptors (Lipinski definition) is 4. The van der Waals surface area contributed by atoms with E-state index < -0.39 is 0 Å². The summed E-state index contributed by atoms with van der Waals surface area (Å²) in [5.41, 5.74) is 1.59. The summed E-state index contributed by atoms with van der Waals surface area (Å²) in [5, 5.41) is 11.6. The Morgan fingerprint density at radius 2 is 1.80 bits per heavy atom. The topological polar surface area (TPSA) is 37.8 Å². The molecule has 3 nitrogen and oxygen atoms in total. The minimum absolute atomic E-state index is 0.150. The second-order valence-electron chi connectivity index (χ2n) is 5.13. The standard InChI is InChI=1S/C15H18FN3S/c1-15(2,20-3)10-17-14-9-8-13(18-19-14)11-4-6-12(16)7-5-11/h4-9H,10H2,1-3H3,(H,17,19). The van der Waals surface area contributed by atoms with Crippen LogP contribution in [-0.2, 0) is 0 Å². The number of nitrogens with zero attached hydrogens (tertiary/aromatic N) is 2. The Morgan fingerprint density at radius 3 is 2.35 bits per heavy atom. The first-order valence-electron chi connectivity index (χ1n) is 6.39. The number of anilines is 1. The molecule has 2 aromatic rings. The van der Waals surface area contributed by atoms with Crippen LogP contribution in [0.15, 0.2) is 36.4 Å². The Bertz CT molecular complexity index is 552. The molecule has 0 bridgehead atoms. The molecular formula is C15H18FN3S. The average Bonchev–Trinajstić information content (AvgIpc) is 2.47. The summed E-state index contributed by atoms with van der Waals surface area (Å²) in [6, 6.07) is 10.0. The quantitative estimate of drug-likeness (QED) is 0.908. The van der Waals surface area contributed by atoms with Gasteiger partial charge < -0.3 is 5.32 Å². The predicted molar refractivity (Wildman–Crippen MR) is 83.5 cm³/mol. The van der Waals surface area contributed by atoms with Gasteiger partial charge in [-0.15, -0.1) is 10.2 Å². The van der Waals surface area contributed by atoms with Crippen molar-refractivity contribution < 1.29 is 4.39 Å². The number of aromatic nitrogens is 2. The van der Waals surface area contributed by atoms with E-state index in [9.17, 15) is 4.39 Å². The molecule has 1 N–H and O–H groups in total. The highest BCUT2D eigenvalue weighted by Crippen LogP contribution is 2.22. The van der Waals surface area contributed by atoms with E-state index in [1.807, 2.05) is 12.1 Å². The molecule has 0 saturated carbocycles. The van der Waals surface area contributed by atoms with Crippen LogP contribution >= 0.6 is 11.8 Å². The lowest BCUT2D eigenvalue weighted by atomic mass is 10.1.